The maximum absolute atomic E-state index is 12.9. The normalized spacial score (nSPS) is 12.1. The molecule has 1 N–H and O–H groups in total. The summed E-state index contributed by atoms with van der Waals surface area (Å²) >= 11 is 0. The monoisotopic (exact) mass is 265 g/mol. The summed E-state index contributed by atoms with van der Waals surface area (Å²) in [7, 11) is -3.97. The summed E-state index contributed by atoms with van der Waals surface area (Å²) in [5.74, 6) is -2.19. The minimum absolute atomic E-state index is 0.141. The molecule has 0 saturated carbocycles. The smallest absolute Gasteiger partial charge is 0.262 e. The summed E-state index contributed by atoms with van der Waals surface area (Å²) in [6, 6.07) is 2.29. The van der Waals surface area contributed by atoms with Gasteiger partial charge in [-0.2, -0.15) is 0 Å². The molecule has 4 nitrogen and oxygen atoms in total. The van der Waals surface area contributed by atoms with Crippen LogP contribution in [0.5, 0.6) is 0 Å². The molecule has 96 valence electrons. The Kier molecular flexibility index (Phi) is 4.55. The number of rotatable bonds is 5. The van der Waals surface area contributed by atoms with Crippen LogP contribution in [0.1, 0.15) is 13.8 Å². The highest BCUT2D eigenvalue weighted by Crippen LogP contribution is 2.13. The SMILES string of the molecule is CC(C)CONS(=O)(=O)c1ccc(F)c(F)c1. The zero-order valence-electron chi connectivity index (χ0n) is 9.41. The molecule has 1 aromatic rings. The zero-order valence-corrected chi connectivity index (χ0v) is 10.2. The number of nitrogens with one attached hydrogen (secondary N) is 1. The van der Waals surface area contributed by atoms with Crippen LogP contribution in [-0.4, -0.2) is 15.0 Å². The highest BCUT2D eigenvalue weighted by Gasteiger charge is 2.16. The van der Waals surface area contributed by atoms with Crippen molar-refractivity contribution in [1.29, 1.82) is 0 Å². The fourth-order valence-electron chi connectivity index (χ4n) is 0.970. The molecule has 7 heteroatoms. The molecule has 0 heterocycles. The van der Waals surface area contributed by atoms with Crippen LogP contribution >= 0.6 is 0 Å². The third-order valence-corrected chi connectivity index (χ3v) is 3.00. The molecule has 0 aliphatic heterocycles. The van der Waals surface area contributed by atoms with E-state index in [1.807, 2.05) is 18.7 Å². The van der Waals surface area contributed by atoms with Crippen molar-refractivity contribution in [1.82, 2.24) is 4.89 Å². The lowest BCUT2D eigenvalue weighted by Gasteiger charge is -2.08. The summed E-state index contributed by atoms with van der Waals surface area (Å²) in [6.07, 6.45) is 0. The number of hydrogen-bond acceptors (Lipinski definition) is 3. The molecule has 0 spiro atoms. The minimum Gasteiger partial charge on any atom is -0.287 e. The lowest BCUT2D eigenvalue weighted by Crippen LogP contribution is -2.26. The van der Waals surface area contributed by atoms with E-state index in [9.17, 15) is 17.2 Å². The van der Waals surface area contributed by atoms with Crippen LogP contribution in [-0.2, 0) is 14.9 Å². The molecule has 0 aromatic heterocycles. The summed E-state index contributed by atoms with van der Waals surface area (Å²) in [6.45, 7) is 3.86. The number of sulfonamides is 1. The maximum Gasteiger partial charge on any atom is 0.262 e. The second kappa shape index (κ2) is 5.52. The summed E-state index contributed by atoms with van der Waals surface area (Å²) < 4.78 is 48.6. The first kappa shape index (κ1) is 14.0. The molecule has 17 heavy (non-hydrogen) atoms. The number of halogens is 2. The van der Waals surface area contributed by atoms with Gasteiger partial charge in [0.1, 0.15) is 0 Å². The van der Waals surface area contributed by atoms with E-state index in [2.05, 4.69) is 0 Å². The molecule has 0 fully saturated rings. The van der Waals surface area contributed by atoms with Gasteiger partial charge < -0.3 is 0 Å². The molecule has 0 unspecified atom stereocenters. The van der Waals surface area contributed by atoms with Crippen molar-refractivity contribution in [3.63, 3.8) is 0 Å². The maximum atomic E-state index is 12.9. The molecule has 0 saturated heterocycles. The van der Waals surface area contributed by atoms with Gasteiger partial charge >= 0.3 is 0 Å². The van der Waals surface area contributed by atoms with Crippen LogP contribution < -0.4 is 4.89 Å². The second-order valence-electron chi connectivity index (χ2n) is 3.87. The van der Waals surface area contributed by atoms with Crippen molar-refractivity contribution in [2.24, 2.45) is 5.92 Å². The van der Waals surface area contributed by atoms with E-state index in [0.717, 1.165) is 12.1 Å². The number of hydrogen-bond donors (Lipinski definition) is 1. The van der Waals surface area contributed by atoms with Gasteiger partial charge in [0.2, 0.25) is 0 Å². The summed E-state index contributed by atoms with van der Waals surface area (Å²) in [5.41, 5.74) is 0. The van der Waals surface area contributed by atoms with E-state index >= 15 is 0 Å². The molecule has 0 bridgehead atoms. The molecule has 0 radical (unpaired) electrons. The Morgan fingerprint density at radius 1 is 1.29 bits per heavy atom. The highest BCUT2D eigenvalue weighted by atomic mass is 32.2. The fourth-order valence-corrected chi connectivity index (χ4v) is 1.80. The van der Waals surface area contributed by atoms with Gasteiger partial charge in [-0.25, -0.2) is 17.2 Å². The predicted molar refractivity (Wildman–Crippen MR) is 57.5 cm³/mol. The van der Waals surface area contributed by atoms with E-state index in [0.29, 0.717) is 6.07 Å². The molecule has 0 aliphatic rings. The second-order valence-corrected chi connectivity index (χ2v) is 5.51. The van der Waals surface area contributed by atoms with Crippen molar-refractivity contribution in [2.75, 3.05) is 6.61 Å². The average molecular weight is 265 g/mol. The minimum atomic E-state index is -3.97. The first-order chi connectivity index (χ1) is 7.83. The van der Waals surface area contributed by atoms with Crippen molar-refractivity contribution in [3.05, 3.63) is 29.8 Å². The Labute approximate surface area is 98.6 Å². The summed E-state index contributed by atoms with van der Waals surface area (Å²) in [5, 5.41) is 0. The van der Waals surface area contributed by atoms with Crippen LogP contribution in [0.2, 0.25) is 0 Å². The van der Waals surface area contributed by atoms with Crippen molar-refractivity contribution in [2.45, 2.75) is 18.7 Å². The van der Waals surface area contributed by atoms with Crippen LogP contribution in [0.3, 0.4) is 0 Å². The van der Waals surface area contributed by atoms with E-state index in [1.165, 1.54) is 0 Å². The average Bonchev–Trinajstić information content (AvgIpc) is 2.21. The predicted octanol–water partition coefficient (Wildman–Crippen LogP) is 1.83. The Morgan fingerprint density at radius 2 is 1.94 bits per heavy atom. The first-order valence-electron chi connectivity index (χ1n) is 4.91. The van der Waals surface area contributed by atoms with Gasteiger partial charge in [0.15, 0.2) is 11.6 Å². The Hall–Kier alpha value is -1.05. The van der Waals surface area contributed by atoms with Crippen molar-refractivity contribution < 1.29 is 22.0 Å². The standard InChI is InChI=1S/C10H13F2NO3S/c1-7(2)6-16-13-17(14,15)8-3-4-9(11)10(12)5-8/h3-5,7,13H,6H2,1-2H3. The van der Waals surface area contributed by atoms with Crippen molar-refractivity contribution in [3.8, 4) is 0 Å². The van der Waals surface area contributed by atoms with E-state index in [4.69, 9.17) is 4.84 Å². The Balaban J connectivity index is 2.79. The Bertz CT molecular complexity index is 488. The first-order valence-corrected chi connectivity index (χ1v) is 6.40. The summed E-state index contributed by atoms with van der Waals surface area (Å²) in [4.78, 5) is 6.18. The third-order valence-electron chi connectivity index (χ3n) is 1.79. The number of benzene rings is 1. The van der Waals surface area contributed by atoms with Crippen LogP contribution in [0.25, 0.3) is 0 Å². The highest BCUT2D eigenvalue weighted by molar-refractivity contribution is 7.89. The molecule has 1 aromatic carbocycles. The van der Waals surface area contributed by atoms with Gasteiger partial charge in [-0.3, -0.25) is 4.84 Å². The van der Waals surface area contributed by atoms with Crippen LogP contribution in [0.15, 0.2) is 23.1 Å². The quantitative estimate of drug-likeness (QED) is 0.826. The van der Waals surface area contributed by atoms with Crippen molar-refractivity contribution >= 4 is 10.0 Å². The molecular weight excluding hydrogens is 252 g/mol. The van der Waals surface area contributed by atoms with Crippen LogP contribution in [0.4, 0.5) is 8.78 Å². The van der Waals surface area contributed by atoms with Gasteiger partial charge in [0.25, 0.3) is 10.0 Å². The van der Waals surface area contributed by atoms with Gasteiger partial charge in [-0.05, 0) is 24.1 Å². The van der Waals surface area contributed by atoms with E-state index in [-0.39, 0.29) is 17.4 Å². The molecule has 0 amide bonds. The van der Waals surface area contributed by atoms with E-state index in [1.54, 1.807) is 0 Å². The van der Waals surface area contributed by atoms with E-state index < -0.39 is 21.7 Å². The fraction of sp³-hybridized carbons (Fsp3) is 0.400. The molecule has 0 atom stereocenters. The topological polar surface area (TPSA) is 55.4 Å². The zero-order chi connectivity index (χ0) is 13.1. The Morgan fingerprint density at radius 3 is 2.47 bits per heavy atom. The lowest BCUT2D eigenvalue weighted by atomic mass is 10.2. The van der Waals surface area contributed by atoms with Gasteiger partial charge in [-0.15, -0.1) is 0 Å². The van der Waals surface area contributed by atoms with Gasteiger partial charge in [0, 0.05) is 0 Å². The largest absolute Gasteiger partial charge is 0.287 e. The molecule has 1 rings (SSSR count). The van der Waals surface area contributed by atoms with Crippen LogP contribution in [0, 0.1) is 17.6 Å². The van der Waals surface area contributed by atoms with Gasteiger partial charge in [0.05, 0.1) is 11.5 Å². The molecular formula is C10H13F2NO3S. The lowest BCUT2D eigenvalue weighted by molar-refractivity contribution is 0.0718. The van der Waals surface area contributed by atoms with Gasteiger partial charge in [-0.1, -0.05) is 18.7 Å². The molecule has 0 aliphatic carbocycles. The third kappa shape index (κ3) is 4.03.